The predicted octanol–water partition coefficient (Wildman–Crippen LogP) is 11.9. The second-order valence-electron chi connectivity index (χ2n) is 15.3. The van der Waals surface area contributed by atoms with Crippen LogP contribution in [-0.2, 0) is 58.4 Å². The molecule has 9 nitrogen and oxygen atoms in total. The van der Waals surface area contributed by atoms with Gasteiger partial charge in [0.05, 0.1) is 0 Å². The number of nitrogens with zero attached hydrogens (tertiary/aromatic N) is 2. The second kappa shape index (κ2) is 36.8. The summed E-state index contributed by atoms with van der Waals surface area (Å²) < 4.78 is 60.9. The van der Waals surface area contributed by atoms with Crippen LogP contribution in [0.25, 0.3) is 0 Å². The van der Waals surface area contributed by atoms with Gasteiger partial charge in [0.25, 0.3) is 0 Å². The van der Waals surface area contributed by atoms with Crippen LogP contribution in [0.15, 0.2) is 49.1 Å². The fourth-order valence-corrected chi connectivity index (χ4v) is 8.19. The summed E-state index contributed by atoms with van der Waals surface area (Å²) in [6, 6.07) is 8.79. The Morgan fingerprint density at radius 3 is 0.782 bits per heavy atom. The van der Waals surface area contributed by atoms with Crippen LogP contribution in [0.5, 0.6) is 0 Å². The first kappa shape index (κ1) is 53.4. The summed E-state index contributed by atoms with van der Waals surface area (Å²) >= 11 is -11.5. The van der Waals surface area contributed by atoms with Crippen molar-refractivity contribution in [1.82, 2.24) is 0 Å². The Labute approximate surface area is 341 Å². The Kier molecular flexibility index (Phi) is 35.7. The van der Waals surface area contributed by atoms with Gasteiger partial charge in [-0.2, -0.15) is 0 Å². The van der Waals surface area contributed by atoms with Crippen molar-refractivity contribution in [3.63, 3.8) is 0 Å². The molecule has 0 bridgehead atoms. The van der Waals surface area contributed by atoms with Gasteiger partial charge in [-0.1, -0.05) is 168 Å². The van der Waals surface area contributed by atoms with E-state index in [0.717, 1.165) is 0 Å². The van der Waals surface area contributed by atoms with Gasteiger partial charge in [-0.05, 0) is 37.8 Å². The van der Waals surface area contributed by atoms with E-state index in [0.29, 0.717) is 0 Å². The number of hydrogen-bond acceptors (Lipinski definition) is 5. The van der Waals surface area contributed by atoms with Gasteiger partial charge in [0.15, 0.2) is 24.8 Å². The third-order valence-electron chi connectivity index (χ3n) is 9.83. The molecule has 0 aliphatic carbocycles. The van der Waals surface area contributed by atoms with Crippen molar-refractivity contribution in [2.75, 3.05) is 0 Å². The van der Waals surface area contributed by atoms with Crippen molar-refractivity contribution < 1.29 is 62.7 Å². The van der Waals surface area contributed by atoms with Crippen molar-refractivity contribution in [3.8, 4) is 0 Å². The molecule has 0 atom stereocenters. The van der Waals surface area contributed by atoms with E-state index < -0.39 is 27.2 Å². The van der Waals surface area contributed by atoms with Gasteiger partial charge in [0.2, 0.25) is 0 Å². The zero-order valence-electron chi connectivity index (χ0n) is 35.5. The first-order chi connectivity index (χ1) is 26.4. The molecule has 0 aliphatic rings. The molecular weight excluding hydrogens is 772 g/mol. The zero-order valence-corrected chi connectivity index (χ0v) is 38.0. The van der Waals surface area contributed by atoms with Crippen molar-refractivity contribution in [2.45, 2.75) is 221 Å². The van der Waals surface area contributed by atoms with E-state index in [2.05, 4.69) is 88.7 Å². The Morgan fingerprint density at radius 1 is 0.400 bits per heavy atom. The number of aromatic nitrogens is 2. The van der Waals surface area contributed by atoms with Gasteiger partial charge < -0.3 is 0 Å². The van der Waals surface area contributed by atoms with Gasteiger partial charge in [-0.25, -0.2) is 9.13 Å². The van der Waals surface area contributed by atoms with Crippen LogP contribution in [0.4, 0.5) is 0 Å². The Hall–Kier alpha value is -1.56. The summed E-state index contributed by atoms with van der Waals surface area (Å²) in [5.74, 6) is 0. The molecule has 2 N–H and O–H groups in total. The molecule has 2 heterocycles. The predicted molar refractivity (Wildman–Crippen MR) is 212 cm³/mol. The molecule has 320 valence electrons. The Bertz CT molecular complexity index is 1230. The SMILES string of the molecule is CCCCCCCCCCCCCCCC[n+]1ccc(C)cc1.CCCCCCCCCCCCCCCC[n+]1ccc(C)cc1.[O]=[Cr](=[O])([OH])[O][Cr](=[O])(=[O])[OH]. The minimum absolute atomic E-state index is 1.18. The summed E-state index contributed by atoms with van der Waals surface area (Å²) in [5.41, 5.74) is 2.70. The van der Waals surface area contributed by atoms with Crippen LogP contribution in [0, 0.1) is 13.8 Å². The number of aryl methyl sites for hydroxylation is 4. The topological polar surface area (TPSA) is 126 Å². The number of rotatable bonds is 32. The molecule has 0 aromatic carbocycles. The van der Waals surface area contributed by atoms with Crippen LogP contribution in [-0.4, -0.2) is 8.32 Å². The van der Waals surface area contributed by atoms with E-state index in [1.54, 1.807) is 0 Å². The molecule has 0 saturated carbocycles. The van der Waals surface area contributed by atoms with Gasteiger partial charge in [-0.3, -0.25) is 0 Å². The van der Waals surface area contributed by atoms with E-state index in [1.807, 2.05) is 0 Å². The summed E-state index contributed by atoms with van der Waals surface area (Å²) in [4.78, 5) is 0. The molecular formula is C44H82Cr2N2O7+2. The average Bonchev–Trinajstić information content (AvgIpc) is 3.12. The maximum absolute atomic E-state index is 9.53. The van der Waals surface area contributed by atoms with Gasteiger partial charge in [-0.15, -0.1) is 0 Å². The molecule has 0 unspecified atom stereocenters. The molecule has 2 aromatic heterocycles. The molecule has 0 radical (unpaired) electrons. The number of unbranched alkanes of at least 4 members (excludes halogenated alkanes) is 26. The van der Waals surface area contributed by atoms with Gasteiger partial charge in [0.1, 0.15) is 13.1 Å². The minimum atomic E-state index is -5.76. The molecule has 2 rings (SSSR count). The molecule has 55 heavy (non-hydrogen) atoms. The standard InChI is InChI=1S/2C22H40N.2Cr.2H2O.5O/c2*1-3-4-5-6-7-8-9-10-11-12-13-14-15-16-19-23-20-17-22(2)18-21-23;;;;;;;;;/h2*17-18,20-21H,3-16,19H2,1-2H3;;;2*1H2;;;;;/q4*+1;;;;;;;/p-2. The number of pyridine rings is 2. The average molecular weight is 855 g/mol. The van der Waals surface area contributed by atoms with Crippen LogP contribution >= 0.6 is 0 Å². The Balaban J connectivity index is 0.000000870. The summed E-state index contributed by atoms with van der Waals surface area (Å²) in [6.07, 6.45) is 49.0. The van der Waals surface area contributed by atoms with Gasteiger partial charge >= 0.3 is 53.6 Å². The quantitative estimate of drug-likeness (QED) is 0.0554. The van der Waals surface area contributed by atoms with E-state index in [1.165, 1.54) is 204 Å². The molecule has 0 saturated heterocycles. The number of hydrogen-bond donors (Lipinski definition) is 2. The van der Waals surface area contributed by atoms with Crippen LogP contribution in [0.1, 0.15) is 205 Å². The Morgan fingerprint density at radius 2 is 0.600 bits per heavy atom. The third kappa shape index (κ3) is 41.9. The zero-order chi connectivity index (χ0) is 40.9. The van der Waals surface area contributed by atoms with E-state index in [-0.39, 0.29) is 0 Å². The molecule has 0 fully saturated rings. The molecule has 0 amide bonds. The van der Waals surface area contributed by atoms with Gasteiger partial charge in [0, 0.05) is 37.1 Å². The van der Waals surface area contributed by atoms with Crippen molar-refractivity contribution in [1.29, 1.82) is 0 Å². The molecule has 2 aromatic rings. The van der Waals surface area contributed by atoms with E-state index in [4.69, 9.17) is 8.32 Å². The van der Waals surface area contributed by atoms with Crippen LogP contribution in [0.2, 0.25) is 0 Å². The van der Waals surface area contributed by atoms with Crippen molar-refractivity contribution in [3.05, 3.63) is 60.2 Å². The second-order valence-corrected chi connectivity index (χ2v) is 19.1. The van der Waals surface area contributed by atoms with Crippen molar-refractivity contribution >= 4 is 0 Å². The summed E-state index contributed by atoms with van der Waals surface area (Å²) in [7, 11) is 0. The van der Waals surface area contributed by atoms with E-state index >= 15 is 0 Å². The monoisotopic (exact) mass is 854 g/mol. The summed E-state index contributed by atoms with van der Waals surface area (Å²) in [6.45, 7) is 11.2. The third-order valence-corrected chi connectivity index (χ3v) is 12.6. The van der Waals surface area contributed by atoms with Crippen LogP contribution in [0.3, 0.4) is 0 Å². The fourth-order valence-electron chi connectivity index (χ4n) is 6.45. The fraction of sp³-hybridized carbons (Fsp3) is 0.773. The maximum atomic E-state index is 9.53. The molecule has 11 heteroatoms. The summed E-state index contributed by atoms with van der Waals surface area (Å²) in [5, 5.41) is 0. The van der Waals surface area contributed by atoms with E-state index in [9.17, 15) is 15.2 Å². The molecule has 0 aliphatic heterocycles. The van der Waals surface area contributed by atoms with Crippen LogP contribution < -0.4 is 9.13 Å². The first-order valence-corrected chi connectivity index (χ1v) is 26.2. The normalized spacial score (nSPS) is 11.5. The molecule has 0 spiro atoms. The first-order valence-electron chi connectivity index (χ1n) is 21.9. The van der Waals surface area contributed by atoms with Crippen molar-refractivity contribution in [2.24, 2.45) is 0 Å².